The highest BCUT2D eigenvalue weighted by Gasteiger charge is 2.33. The van der Waals surface area contributed by atoms with Crippen molar-refractivity contribution in [2.24, 2.45) is 0 Å². The number of imidazole rings is 1. The SMILES string of the molecule is CCn1ccnc1Cc1cc(C(F)(F)F)nc(NC)n1. The molecule has 2 aromatic heterocycles. The second-order valence-electron chi connectivity index (χ2n) is 4.12. The van der Waals surface area contributed by atoms with Crippen LogP contribution in [-0.4, -0.2) is 26.6 Å². The Kier molecular flexibility index (Phi) is 3.91. The van der Waals surface area contributed by atoms with Gasteiger partial charge in [-0.1, -0.05) is 0 Å². The molecule has 0 amide bonds. The highest BCUT2D eigenvalue weighted by molar-refractivity contribution is 5.29. The summed E-state index contributed by atoms with van der Waals surface area (Å²) in [4.78, 5) is 11.6. The topological polar surface area (TPSA) is 55.6 Å². The first-order valence-corrected chi connectivity index (χ1v) is 6.07. The summed E-state index contributed by atoms with van der Waals surface area (Å²) in [6, 6.07) is 0.954. The maximum atomic E-state index is 12.8. The molecule has 0 saturated heterocycles. The fourth-order valence-electron chi connectivity index (χ4n) is 1.80. The van der Waals surface area contributed by atoms with Crippen LogP contribution in [0.2, 0.25) is 0 Å². The van der Waals surface area contributed by atoms with E-state index >= 15 is 0 Å². The van der Waals surface area contributed by atoms with Gasteiger partial charge in [0, 0.05) is 32.4 Å². The number of nitrogens with one attached hydrogen (secondary N) is 1. The molecular formula is C12H14F3N5. The first-order chi connectivity index (χ1) is 9.44. The van der Waals surface area contributed by atoms with E-state index in [0.717, 1.165) is 6.07 Å². The minimum Gasteiger partial charge on any atom is -0.357 e. The van der Waals surface area contributed by atoms with Crippen molar-refractivity contribution in [3.05, 3.63) is 35.7 Å². The molecule has 0 aliphatic carbocycles. The van der Waals surface area contributed by atoms with Gasteiger partial charge in [0.05, 0.1) is 5.69 Å². The van der Waals surface area contributed by atoms with Crippen molar-refractivity contribution in [1.82, 2.24) is 19.5 Å². The normalized spacial score (nSPS) is 11.7. The molecule has 0 fully saturated rings. The molecule has 5 nitrogen and oxygen atoms in total. The molecule has 0 aromatic carbocycles. The predicted molar refractivity (Wildman–Crippen MR) is 67.3 cm³/mol. The van der Waals surface area contributed by atoms with Crippen LogP contribution >= 0.6 is 0 Å². The van der Waals surface area contributed by atoms with E-state index in [1.165, 1.54) is 7.05 Å². The van der Waals surface area contributed by atoms with Crippen LogP contribution in [0.1, 0.15) is 24.1 Å². The van der Waals surface area contributed by atoms with Gasteiger partial charge < -0.3 is 9.88 Å². The summed E-state index contributed by atoms with van der Waals surface area (Å²) in [6.45, 7) is 2.64. The molecule has 0 aliphatic rings. The molecule has 0 radical (unpaired) electrons. The van der Waals surface area contributed by atoms with Crippen molar-refractivity contribution in [1.29, 1.82) is 0 Å². The standard InChI is InChI=1S/C12H14F3N5/c1-3-20-5-4-17-10(20)7-8-6-9(12(13,14)15)19-11(16-2)18-8/h4-6H,3,7H2,1-2H3,(H,16,18,19). The Morgan fingerprint density at radius 1 is 1.30 bits per heavy atom. The lowest BCUT2D eigenvalue weighted by Crippen LogP contribution is -2.13. The van der Waals surface area contributed by atoms with Gasteiger partial charge in [0.1, 0.15) is 11.5 Å². The molecule has 0 atom stereocenters. The second kappa shape index (κ2) is 5.48. The number of hydrogen-bond donors (Lipinski definition) is 1. The predicted octanol–water partition coefficient (Wildman–Crippen LogP) is 2.34. The molecule has 0 aliphatic heterocycles. The van der Waals surface area contributed by atoms with E-state index in [9.17, 15) is 13.2 Å². The van der Waals surface area contributed by atoms with Crippen molar-refractivity contribution in [3.63, 3.8) is 0 Å². The third kappa shape index (κ3) is 3.06. The van der Waals surface area contributed by atoms with Gasteiger partial charge >= 0.3 is 6.18 Å². The highest BCUT2D eigenvalue weighted by Crippen LogP contribution is 2.28. The van der Waals surface area contributed by atoms with Crippen LogP contribution in [0.25, 0.3) is 0 Å². The minimum atomic E-state index is -4.50. The van der Waals surface area contributed by atoms with Gasteiger partial charge in [-0.2, -0.15) is 13.2 Å². The molecule has 0 spiro atoms. The quantitative estimate of drug-likeness (QED) is 0.937. The summed E-state index contributed by atoms with van der Waals surface area (Å²) < 4.78 is 40.2. The van der Waals surface area contributed by atoms with Crippen molar-refractivity contribution in [2.45, 2.75) is 26.1 Å². The maximum Gasteiger partial charge on any atom is 0.433 e. The van der Waals surface area contributed by atoms with Crippen molar-refractivity contribution in [2.75, 3.05) is 12.4 Å². The zero-order valence-electron chi connectivity index (χ0n) is 11.1. The monoisotopic (exact) mass is 285 g/mol. The number of alkyl halides is 3. The highest BCUT2D eigenvalue weighted by atomic mass is 19.4. The lowest BCUT2D eigenvalue weighted by molar-refractivity contribution is -0.141. The van der Waals surface area contributed by atoms with E-state index in [-0.39, 0.29) is 18.1 Å². The lowest BCUT2D eigenvalue weighted by Gasteiger charge is -2.10. The van der Waals surface area contributed by atoms with Gasteiger partial charge in [-0.3, -0.25) is 0 Å². The number of aromatic nitrogens is 4. The van der Waals surface area contributed by atoms with Crippen LogP contribution in [-0.2, 0) is 19.1 Å². The van der Waals surface area contributed by atoms with E-state index in [0.29, 0.717) is 12.4 Å². The van der Waals surface area contributed by atoms with E-state index < -0.39 is 11.9 Å². The third-order valence-electron chi connectivity index (χ3n) is 2.77. The molecular weight excluding hydrogens is 271 g/mol. The molecule has 1 N–H and O–H groups in total. The third-order valence-corrected chi connectivity index (χ3v) is 2.77. The van der Waals surface area contributed by atoms with Gasteiger partial charge in [-0.15, -0.1) is 0 Å². The Morgan fingerprint density at radius 3 is 2.65 bits per heavy atom. The summed E-state index contributed by atoms with van der Waals surface area (Å²) in [6.07, 6.45) is -0.881. The number of anilines is 1. The molecule has 108 valence electrons. The number of rotatable bonds is 4. The summed E-state index contributed by atoms with van der Waals surface area (Å²) in [5, 5.41) is 2.54. The van der Waals surface area contributed by atoms with Crippen LogP contribution in [0, 0.1) is 0 Å². The maximum absolute atomic E-state index is 12.8. The molecule has 0 bridgehead atoms. The van der Waals surface area contributed by atoms with Crippen LogP contribution in [0.3, 0.4) is 0 Å². The minimum absolute atomic E-state index is 0.0515. The van der Waals surface area contributed by atoms with E-state index in [4.69, 9.17) is 0 Å². The molecule has 2 aromatic rings. The van der Waals surface area contributed by atoms with Gasteiger partial charge in [0.2, 0.25) is 5.95 Å². The average molecular weight is 285 g/mol. The van der Waals surface area contributed by atoms with E-state index in [1.807, 2.05) is 11.5 Å². The second-order valence-corrected chi connectivity index (χ2v) is 4.12. The zero-order chi connectivity index (χ0) is 14.8. The largest absolute Gasteiger partial charge is 0.433 e. The first kappa shape index (κ1) is 14.3. The number of aryl methyl sites for hydroxylation is 1. The Labute approximate surface area is 113 Å². The summed E-state index contributed by atoms with van der Waals surface area (Å²) in [5.41, 5.74) is -0.681. The Hall–Kier alpha value is -2.12. The summed E-state index contributed by atoms with van der Waals surface area (Å²) in [5.74, 6) is 0.616. The molecule has 0 unspecified atom stereocenters. The first-order valence-electron chi connectivity index (χ1n) is 6.07. The molecule has 2 rings (SSSR count). The molecule has 0 saturated carbocycles. The molecule has 2 heterocycles. The Morgan fingerprint density at radius 2 is 2.05 bits per heavy atom. The van der Waals surface area contributed by atoms with Gasteiger partial charge in [0.25, 0.3) is 0 Å². The fourth-order valence-corrected chi connectivity index (χ4v) is 1.80. The molecule has 8 heteroatoms. The fraction of sp³-hybridized carbons (Fsp3) is 0.417. The molecule has 20 heavy (non-hydrogen) atoms. The average Bonchev–Trinajstić information content (AvgIpc) is 2.84. The zero-order valence-corrected chi connectivity index (χ0v) is 11.1. The smallest absolute Gasteiger partial charge is 0.357 e. The van der Waals surface area contributed by atoms with E-state index in [2.05, 4.69) is 20.3 Å². The Bertz CT molecular complexity index is 591. The van der Waals surface area contributed by atoms with Gasteiger partial charge in [-0.05, 0) is 13.0 Å². The van der Waals surface area contributed by atoms with E-state index in [1.54, 1.807) is 12.4 Å². The summed E-state index contributed by atoms with van der Waals surface area (Å²) in [7, 11) is 1.48. The van der Waals surface area contributed by atoms with Gasteiger partial charge in [0.15, 0.2) is 0 Å². The van der Waals surface area contributed by atoms with Crippen LogP contribution in [0.5, 0.6) is 0 Å². The lowest BCUT2D eigenvalue weighted by atomic mass is 10.2. The number of nitrogens with zero attached hydrogens (tertiary/aromatic N) is 4. The van der Waals surface area contributed by atoms with Crippen molar-refractivity contribution < 1.29 is 13.2 Å². The van der Waals surface area contributed by atoms with Crippen LogP contribution in [0.4, 0.5) is 19.1 Å². The van der Waals surface area contributed by atoms with Crippen molar-refractivity contribution in [3.8, 4) is 0 Å². The Balaban J connectivity index is 2.36. The van der Waals surface area contributed by atoms with Crippen molar-refractivity contribution >= 4 is 5.95 Å². The summed E-state index contributed by atoms with van der Waals surface area (Å²) >= 11 is 0. The number of hydrogen-bond acceptors (Lipinski definition) is 4. The number of halogens is 3. The van der Waals surface area contributed by atoms with Crippen LogP contribution in [0.15, 0.2) is 18.5 Å². The van der Waals surface area contributed by atoms with Gasteiger partial charge in [-0.25, -0.2) is 15.0 Å². The van der Waals surface area contributed by atoms with Crippen LogP contribution < -0.4 is 5.32 Å².